The molecule has 2 atom stereocenters. The van der Waals surface area contributed by atoms with Crippen molar-refractivity contribution >= 4 is 5.97 Å². The first kappa shape index (κ1) is 15.3. The van der Waals surface area contributed by atoms with E-state index in [1.165, 1.54) is 6.42 Å². The van der Waals surface area contributed by atoms with E-state index in [9.17, 15) is 9.90 Å². The van der Waals surface area contributed by atoms with Crippen LogP contribution in [0, 0.1) is 5.92 Å². The number of hydrogen-bond acceptors (Lipinski definition) is 4. The van der Waals surface area contributed by atoms with Crippen molar-refractivity contribution in [3.05, 3.63) is 0 Å². The van der Waals surface area contributed by atoms with Crippen LogP contribution in [0.1, 0.15) is 44.9 Å². The maximum atomic E-state index is 12.0. The molecule has 5 heteroatoms. The molecular formula is C16H28N2O3. The van der Waals surface area contributed by atoms with Crippen molar-refractivity contribution in [2.45, 2.75) is 62.6 Å². The molecule has 2 unspecified atom stereocenters. The maximum Gasteiger partial charge on any atom is 0.325 e. The van der Waals surface area contributed by atoms with Crippen LogP contribution in [0.5, 0.6) is 0 Å². The highest BCUT2D eigenvalue weighted by molar-refractivity contribution is 5.80. The highest BCUT2D eigenvalue weighted by Gasteiger charge is 2.53. The first-order valence-corrected chi connectivity index (χ1v) is 8.41. The summed E-state index contributed by atoms with van der Waals surface area (Å²) in [6.07, 6.45) is 8.09. The predicted molar refractivity (Wildman–Crippen MR) is 80.3 cm³/mol. The zero-order valence-electron chi connectivity index (χ0n) is 13.0. The molecule has 21 heavy (non-hydrogen) atoms. The van der Waals surface area contributed by atoms with E-state index in [0.717, 1.165) is 51.7 Å². The molecule has 2 N–H and O–H groups in total. The summed E-state index contributed by atoms with van der Waals surface area (Å²) in [6.45, 7) is 2.28. The number of ether oxygens (including phenoxy) is 1. The second-order valence-electron chi connectivity index (χ2n) is 7.15. The van der Waals surface area contributed by atoms with Crippen molar-refractivity contribution in [3.8, 4) is 0 Å². The van der Waals surface area contributed by atoms with Crippen LogP contribution >= 0.6 is 0 Å². The molecule has 2 saturated carbocycles. The van der Waals surface area contributed by atoms with E-state index in [2.05, 4.69) is 10.2 Å². The van der Waals surface area contributed by atoms with Gasteiger partial charge in [-0.1, -0.05) is 0 Å². The van der Waals surface area contributed by atoms with Crippen LogP contribution < -0.4 is 5.32 Å². The first-order chi connectivity index (χ1) is 10.1. The third-order valence-corrected chi connectivity index (χ3v) is 5.00. The molecule has 0 spiro atoms. The van der Waals surface area contributed by atoms with Crippen molar-refractivity contribution in [1.82, 2.24) is 10.2 Å². The van der Waals surface area contributed by atoms with E-state index in [1.807, 2.05) is 7.05 Å². The Morgan fingerprint density at radius 2 is 2.05 bits per heavy atom. The predicted octanol–water partition coefficient (Wildman–Crippen LogP) is 1.47. The fourth-order valence-corrected chi connectivity index (χ4v) is 3.55. The van der Waals surface area contributed by atoms with Crippen LogP contribution in [0.4, 0.5) is 0 Å². The molecular weight excluding hydrogens is 268 g/mol. The molecule has 1 heterocycles. The Bertz CT molecular complexity index is 376. The number of hydrogen-bond donors (Lipinski definition) is 2. The SMILES string of the molecule is CN(CC1CCCCO1)CC(NC1CC1)(C(=O)O)C1CC1. The number of nitrogens with zero attached hydrogens (tertiary/aromatic N) is 1. The van der Waals surface area contributed by atoms with Gasteiger partial charge < -0.3 is 14.7 Å². The monoisotopic (exact) mass is 296 g/mol. The molecule has 0 amide bonds. The van der Waals surface area contributed by atoms with E-state index in [1.54, 1.807) is 0 Å². The quantitative estimate of drug-likeness (QED) is 0.710. The van der Waals surface area contributed by atoms with Gasteiger partial charge in [0, 0.05) is 25.7 Å². The minimum Gasteiger partial charge on any atom is -0.480 e. The number of likely N-dealkylation sites (N-methyl/N-ethyl adjacent to an activating group) is 1. The average molecular weight is 296 g/mol. The summed E-state index contributed by atoms with van der Waals surface area (Å²) in [4.78, 5) is 14.1. The number of carboxylic acid groups (broad SMARTS) is 1. The van der Waals surface area contributed by atoms with Crippen LogP contribution in [0.3, 0.4) is 0 Å². The van der Waals surface area contributed by atoms with Gasteiger partial charge in [-0.2, -0.15) is 0 Å². The third kappa shape index (κ3) is 3.76. The van der Waals surface area contributed by atoms with E-state index in [4.69, 9.17) is 4.74 Å². The first-order valence-electron chi connectivity index (χ1n) is 8.41. The van der Waals surface area contributed by atoms with Crippen molar-refractivity contribution in [2.75, 3.05) is 26.7 Å². The second-order valence-corrected chi connectivity index (χ2v) is 7.15. The van der Waals surface area contributed by atoms with Gasteiger partial charge in [0.05, 0.1) is 6.10 Å². The van der Waals surface area contributed by atoms with Gasteiger partial charge in [0.1, 0.15) is 5.54 Å². The molecule has 120 valence electrons. The number of aliphatic carboxylic acids is 1. The largest absolute Gasteiger partial charge is 0.480 e. The molecule has 3 fully saturated rings. The fourth-order valence-electron chi connectivity index (χ4n) is 3.55. The Kier molecular flexibility index (Phi) is 4.52. The molecule has 2 aliphatic carbocycles. The molecule has 0 bridgehead atoms. The number of rotatable bonds is 8. The van der Waals surface area contributed by atoms with E-state index < -0.39 is 11.5 Å². The van der Waals surface area contributed by atoms with Gasteiger partial charge in [0.15, 0.2) is 0 Å². The lowest BCUT2D eigenvalue weighted by Gasteiger charge is -2.36. The second kappa shape index (κ2) is 6.23. The third-order valence-electron chi connectivity index (χ3n) is 5.00. The summed E-state index contributed by atoms with van der Waals surface area (Å²) in [5, 5.41) is 13.3. The van der Waals surface area contributed by atoms with E-state index in [0.29, 0.717) is 18.5 Å². The Labute approximate surface area is 127 Å². The fraction of sp³-hybridized carbons (Fsp3) is 0.938. The molecule has 1 saturated heterocycles. The Hall–Kier alpha value is -0.650. The topological polar surface area (TPSA) is 61.8 Å². The van der Waals surface area contributed by atoms with Crippen LogP contribution in [-0.4, -0.2) is 60.4 Å². The van der Waals surface area contributed by atoms with Gasteiger partial charge in [-0.05, 0) is 57.9 Å². The zero-order chi connectivity index (χ0) is 14.9. The standard InChI is InChI=1S/C16H28N2O3/c1-18(10-14-4-2-3-9-21-14)11-16(15(19)20,12-5-6-12)17-13-7-8-13/h12-14,17H,2-11H2,1H3,(H,19,20). The smallest absolute Gasteiger partial charge is 0.325 e. The lowest BCUT2D eigenvalue weighted by atomic mass is 9.91. The van der Waals surface area contributed by atoms with Gasteiger partial charge in [0.2, 0.25) is 0 Å². The van der Waals surface area contributed by atoms with Gasteiger partial charge in [-0.25, -0.2) is 0 Å². The van der Waals surface area contributed by atoms with Gasteiger partial charge in [0.25, 0.3) is 0 Å². The van der Waals surface area contributed by atoms with Gasteiger partial charge >= 0.3 is 5.97 Å². The molecule has 0 aromatic heterocycles. The molecule has 3 rings (SSSR count). The number of carbonyl (C=O) groups is 1. The summed E-state index contributed by atoms with van der Waals surface area (Å²) < 4.78 is 5.78. The highest BCUT2D eigenvalue weighted by Crippen LogP contribution is 2.42. The minimum absolute atomic E-state index is 0.273. The van der Waals surface area contributed by atoms with E-state index in [-0.39, 0.29) is 6.10 Å². The summed E-state index contributed by atoms with van der Waals surface area (Å²) in [5.74, 6) is -0.376. The van der Waals surface area contributed by atoms with Gasteiger partial charge in [-0.15, -0.1) is 0 Å². The number of carboxylic acids is 1. The maximum absolute atomic E-state index is 12.0. The summed E-state index contributed by atoms with van der Waals surface area (Å²) >= 11 is 0. The van der Waals surface area contributed by atoms with E-state index >= 15 is 0 Å². The Morgan fingerprint density at radius 3 is 2.57 bits per heavy atom. The van der Waals surface area contributed by atoms with Crippen molar-refractivity contribution in [3.63, 3.8) is 0 Å². The van der Waals surface area contributed by atoms with Crippen LogP contribution in [0.25, 0.3) is 0 Å². The lowest BCUT2D eigenvalue weighted by Crippen LogP contribution is -2.61. The lowest BCUT2D eigenvalue weighted by molar-refractivity contribution is -0.147. The molecule has 0 radical (unpaired) electrons. The highest BCUT2D eigenvalue weighted by atomic mass is 16.5. The molecule has 0 aromatic carbocycles. The molecule has 3 aliphatic rings. The molecule has 1 aliphatic heterocycles. The Morgan fingerprint density at radius 1 is 1.29 bits per heavy atom. The van der Waals surface area contributed by atoms with Crippen molar-refractivity contribution in [2.24, 2.45) is 5.92 Å². The van der Waals surface area contributed by atoms with Crippen LogP contribution in [0.2, 0.25) is 0 Å². The molecule has 5 nitrogen and oxygen atoms in total. The van der Waals surface area contributed by atoms with Gasteiger partial charge in [-0.3, -0.25) is 10.1 Å². The summed E-state index contributed by atoms with van der Waals surface area (Å²) in [6, 6.07) is 0.418. The number of nitrogens with one attached hydrogen (secondary N) is 1. The zero-order valence-corrected chi connectivity index (χ0v) is 13.0. The Balaban J connectivity index is 1.60. The normalized spacial score (nSPS) is 29.3. The van der Waals surface area contributed by atoms with Crippen LogP contribution in [-0.2, 0) is 9.53 Å². The van der Waals surface area contributed by atoms with Crippen molar-refractivity contribution in [1.29, 1.82) is 0 Å². The summed E-state index contributed by atoms with van der Waals surface area (Å²) in [7, 11) is 2.03. The minimum atomic E-state index is -0.745. The van der Waals surface area contributed by atoms with Crippen LogP contribution in [0.15, 0.2) is 0 Å². The molecule has 0 aromatic rings. The average Bonchev–Trinajstić information content (AvgIpc) is 3.32. The van der Waals surface area contributed by atoms with Crippen molar-refractivity contribution < 1.29 is 14.6 Å². The summed E-state index contributed by atoms with van der Waals surface area (Å²) in [5.41, 5.74) is -0.745.